The van der Waals surface area contributed by atoms with E-state index in [4.69, 9.17) is 12.2 Å². The van der Waals surface area contributed by atoms with Crippen LogP contribution in [0.15, 0.2) is 48.5 Å². The molecule has 6 nitrogen and oxygen atoms in total. The number of hydrogen-bond donors (Lipinski definition) is 4. The molecular weight excluding hydrogens is 391 g/mol. The predicted molar refractivity (Wildman–Crippen MR) is 116 cm³/mol. The molecule has 0 heterocycles. The van der Waals surface area contributed by atoms with Crippen LogP contribution in [0.1, 0.15) is 36.2 Å². The molecule has 2 aromatic carbocycles. The third-order valence-electron chi connectivity index (χ3n) is 4.12. The van der Waals surface area contributed by atoms with Gasteiger partial charge in [-0.2, -0.15) is 0 Å². The van der Waals surface area contributed by atoms with Gasteiger partial charge in [0.15, 0.2) is 5.11 Å². The van der Waals surface area contributed by atoms with Crippen LogP contribution in [0.5, 0.6) is 0 Å². The highest BCUT2D eigenvalue weighted by Gasteiger charge is 2.23. The second kappa shape index (κ2) is 10.5. The van der Waals surface area contributed by atoms with Crippen LogP contribution in [0.4, 0.5) is 10.1 Å². The summed E-state index contributed by atoms with van der Waals surface area (Å²) in [6.07, 6.45) is 0.462. The van der Waals surface area contributed by atoms with E-state index < -0.39 is 11.9 Å². The maximum atomic E-state index is 13.0. The lowest BCUT2D eigenvalue weighted by Crippen LogP contribution is -2.53. The highest BCUT2D eigenvalue weighted by atomic mass is 32.1. The Bertz CT molecular complexity index is 871. The molecule has 0 aliphatic rings. The molecule has 2 amide bonds. The average molecular weight is 417 g/mol. The lowest BCUT2D eigenvalue weighted by molar-refractivity contribution is -0.123. The van der Waals surface area contributed by atoms with Crippen molar-refractivity contribution >= 4 is 34.8 Å². The van der Waals surface area contributed by atoms with Crippen LogP contribution in [0.2, 0.25) is 0 Å². The van der Waals surface area contributed by atoms with E-state index in [1.54, 1.807) is 12.1 Å². The molecule has 0 saturated heterocycles. The number of carbonyl (C=O) groups excluding carboxylic acids is 2. The second-order valence-corrected chi connectivity index (χ2v) is 7.45. The van der Waals surface area contributed by atoms with Gasteiger partial charge in [0.2, 0.25) is 0 Å². The van der Waals surface area contributed by atoms with Crippen LogP contribution in [0.25, 0.3) is 0 Å². The number of amides is 2. The van der Waals surface area contributed by atoms with Crippen LogP contribution in [-0.2, 0) is 4.79 Å². The standard InChI is InChI=1S/C21H25FN4O2S/c1-13(2)12-18(24-19(27)17-7-5-4-6-14(17)3)20(28)25-26-21(29)23-16-10-8-15(22)9-11-16/h4-11,13,18H,12H2,1-3H3,(H,24,27)(H,25,28)(H2,23,26,29)/t18-/m1/s1. The van der Waals surface area contributed by atoms with Crippen LogP contribution in [0.3, 0.4) is 0 Å². The minimum atomic E-state index is -0.733. The molecule has 2 aromatic rings. The van der Waals surface area contributed by atoms with Gasteiger partial charge in [0, 0.05) is 11.3 Å². The lowest BCUT2D eigenvalue weighted by Gasteiger charge is -2.21. The van der Waals surface area contributed by atoms with E-state index in [1.807, 2.05) is 32.9 Å². The zero-order chi connectivity index (χ0) is 21.4. The van der Waals surface area contributed by atoms with Gasteiger partial charge in [-0.15, -0.1) is 0 Å². The topological polar surface area (TPSA) is 82.3 Å². The minimum absolute atomic E-state index is 0.137. The van der Waals surface area contributed by atoms with E-state index in [9.17, 15) is 14.0 Å². The van der Waals surface area contributed by atoms with Crippen molar-refractivity contribution in [3.63, 3.8) is 0 Å². The Morgan fingerprint density at radius 3 is 2.31 bits per heavy atom. The maximum absolute atomic E-state index is 13.0. The number of aryl methyl sites for hydroxylation is 1. The van der Waals surface area contributed by atoms with Crippen molar-refractivity contribution < 1.29 is 14.0 Å². The molecule has 0 aliphatic heterocycles. The number of rotatable bonds is 6. The van der Waals surface area contributed by atoms with Gasteiger partial charge in [-0.1, -0.05) is 32.0 Å². The molecule has 0 bridgehead atoms. The Morgan fingerprint density at radius 1 is 1.03 bits per heavy atom. The van der Waals surface area contributed by atoms with Gasteiger partial charge >= 0.3 is 0 Å². The molecule has 0 aromatic heterocycles. The van der Waals surface area contributed by atoms with Crippen molar-refractivity contribution in [3.8, 4) is 0 Å². The van der Waals surface area contributed by atoms with Crippen LogP contribution in [-0.4, -0.2) is 23.0 Å². The summed E-state index contributed by atoms with van der Waals surface area (Å²) in [6, 6.07) is 12.1. The van der Waals surface area contributed by atoms with Crippen LogP contribution in [0, 0.1) is 18.7 Å². The van der Waals surface area contributed by atoms with Gasteiger partial charge in [-0.25, -0.2) is 4.39 Å². The molecule has 154 valence electrons. The Kier molecular flexibility index (Phi) is 8.09. The highest BCUT2D eigenvalue weighted by Crippen LogP contribution is 2.10. The van der Waals surface area contributed by atoms with Crippen molar-refractivity contribution in [1.82, 2.24) is 16.2 Å². The molecule has 0 unspecified atom stereocenters. The van der Waals surface area contributed by atoms with E-state index in [2.05, 4.69) is 21.5 Å². The fourth-order valence-electron chi connectivity index (χ4n) is 2.67. The fraction of sp³-hybridized carbons (Fsp3) is 0.286. The third-order valence-corrected chi connectivity index (χ3v) is 4.32. The summed E-state index contributed by atoms with van der Waals surface area (Å²) in [7, 11) is 0. The van der Waals surface area contributed by atoms with E-state index in [0.29, 0.717) is 17.7 Å². The van der Waals surface area contributed by atoms with E-state index >= 15 is 0 Å². The number of carbonyl (C=O) groups is 2. The number of hydrazine groups is 1. The minimum Gasteiger partial charge on any atom is -0.340 e. The zero-order valence-electron chi connectivity index (χ0n) is 16.6. The fourth-order valence-corrected chi connectivity index (χ4v) is 2.84. The number of thiocarbonyl (C=S) groups is 1. The summed E-state index contributed by atoms with van der Waals surface area (Å²) in [6.45, 7) is 5.77. The Labute approximate surface area is 175 Å². The molecule has 8 heteroatoms. The number of anilines is 1. The molecule has 0 aliphatic carbocycles. The number of nitrogens with one attached hydrogen (secondary N) is 4. The van der Waals surface area contributed by atoms with Gasteiger partial charge < -0.3 is 10.6 Å². The summed E-state index contributed by atoms with van der Waals surface area (Å²) in [5.74, 6) is -0.893. The number of halogens is 1. The first-order valence-corrected chi connectivity index (χ1v) is 9.66. The first-order valence-electron chi connectivity index (χ1n) is 9.25. The average Bonchev–Trinajstić information content (AvgIpc) is 2.67. The van der Waals surface area contributed by atoms with Crippen LogP contribution >= 0.6 is 12.2 Å². The smallest absolute Gasteiger partial charge is 0.260 e. The Morgan fingerprint density at radius 2 is 1.69 bits per heavy atom. The van der Waals surface area contributed by atoms with Gasteiger partial charge in [-0.05, 0) is 67.4 Å². The van der Waals surface area contributed by atoms with Crippen molar-refractivity contribution in [2.75, 3.05) is 5.32 Å². The molecule has 0 spiro atoms. The maximum Gasteiger partial charge on any atom is 0.260 e. The molecule has 0 fully saturated rings. The highest BCUT2D eigenvalue weighted by molar-refractivity contribution is 7.80. The van der Waals surface area contributed by atoms with Gasteiger partial charge in [-0.3, -0.25) is 20.4 Å². The second-order valence-electron chi connectivity index (χ2n) is 7.05. The summed E-state index contributed by atoms with van der Waals surface area (Å²) in [4.78, 5) is 25.2. The Balaban J connectivity index is 1.95. The molecule has 0 radical (unpaired) electrons. The molecule has 1 atom stereocenters. The van der Waals surface area contributed by atoms with Crippen molar-refractivity contribution in [2.24, 2.45) is 5.92 Å². The third kappa shape index (κ3) is 7.15. The quantitative estimate of drug-likeness (QED) is 0.429. The van der Waals surface area contributed by atoms with Crippen molar-refractivity contribution in [1.29, 1.82) is 0 Å². The van der Waals surface area contributed by atoms with Crippen molar-refractivity contribution in [2.45, 2.75) is 33.2 Å². The summed E-state index contributed by atoms with van der Waals surface area (Å²) >= 11 is 5.13. The summed E-state index contributed by atoms with van der Waals surface area (Å²) in [5.41, 5.74) is 7.04. The largest absolute Gasteiger partial charge is 0.340 e. The first-order chi connectivity index (χ1) is 13.8. The van der Waals surface area contributed by atoms with Crippen LogP contribution < -0.4 is 21.5 Å². The van der Waals surface area contributed by atoms with E-state index in [0.717, 1.165) is 5.56 Å². The van der Waals surface area contributed by atoms with Gasteiger partial charge in [0.05, 0.1) is 0 Å². The molecule has 4 N–H and O–H groups in total. The monoisotopic (exact) mass is 416 g/mol. The van der Waals surface area contributed by atoms with E-state index in [-0.39, 0.29) is 22.8 Å². The van der Waals surface area contributed by atoms with E-state index in [1.165, 1.54) is 24.3 Å². The lowest BCUT2D eigenvalue weighted by atomic mass is 10.0. The van der Waals surface area contributed by atoms with Gasteiger partial charge in [0.25, 0.3) is 11.8 Å². The normalized spacial score (nSPS) is 11.5. The number of hydrogen-bond acceptors (Lipinski definition) is 3. The van der Waals surface area contributed by atoms with Gasteiger partial charge in [0.1, 0.15) is 11.9 Å². The number of benzene rings is 2. The molecule has 0 saturated carbocycles. The van der Waals surface area contributed by atoms with Crippen molar-refractivity contribution in [3.05, 3.63) is 65.5 Å². The molecule has 2 rings (SSSR count). The zero-order valence-corrected chi connectivity index (χ0v) is 17.4. The predicted octanol–water partition coefficient (Wildman–Crippen LogP) is 3.30. The first kappa shape index (κ1) is 22.3. The molecular formula is C21H25FN4O2S. The summed E-state index contributed by atoms with van der Waals surface area (Å²) in [5, 5.41) is 5.76. The summed E-state index contributed by atoms with van der Waals surface area (Å²) < 4.78 is 13.0. The SMILES string of the molecule is Cc1ccccc1C(=O)N[C@H](CC(C)C)C(=O)NNC(=S)Nc1ccc(F)cc1. The Hall–Kier alpha value is -3.00. The molecule has 29 heavy (non-hydrogen) atoms.